The Balaban J connectivity index is 2.25. The van der Waals surface area contributed by atoms with Gasteiger partial charge in [-0.3, -0.25) is 4.79 Å². The van der Waals surface area contributed by atoms with Gasteiger partial charge in [-0.15, -0.1) is 0 Å². The summed E-state index contributed by atoms with van der Waals surface area (Å²) in [5.41, 5.74) is -0.419. The molecular formula is C13H9F2N3OS. The number of hydrogen-bond acceptors (Lipinski definition) is 4. The van der Waals surface area contributed by atoms with Gasteiger partial charge in [-0.25, -0.2) is 13.8 Å². The summed E-state index contributed by atoms with van der Waals surface area (Å²) >= 11 is 0.993. The minimum atomic E-state index is -0.648. The van der Waals surface area contributed by atoms with Gasteiger partial charge in [-0.1, -0.05) is 17.8 Å². The average Bonchev–Trinajstić information content (AvgIpc) is 2.38. The third-order valence-corrected chi connectivity index (χ3v) is 3.51. The maximum Gasteiger partial charge on any atom is 0.269 e. The van der Waals surface area contributed by atoms with E-state index in [0.717, 1.165) is 11.8 Å². The highest BCUT2D eigenvalue weighted by molar-refractivity contribution is 7.98. The smallest absolute Gasteiger partial charge is 0.269 e. The molecule has 1 aromatic heterocycles. The van der Waals surface area contributed by atoms with Crippen LogP contribution in [0.5, 0.6) is 0 Å². The van der Waals surface area contributed by atoms with Gasteiger partial charge in [-0.05, 0) is 19.1 Å². The number of aromatic nitrogens is 2. The van der Waals surface area contributed by atoms with Crippen molar-refractivity contribution in [3.63, 3.8) is 0 Å². The van der Waals surface area contributed by atoms with Crippen LogP contribution in [0.2, 0.25) is 0 Å². The highest BCUT2D eigenvalue weighted by Crippen LogP contribution is 2.22. The van der Waals surface area contributed by atoms with Gasteiger partial charge in [0.25, 0.3) is 5.56 Å². The Labute approximate surface area is 117 Å². The van der Waals surface area contributed by atoms with E-state index in [1.54, 1.807) is 6.07 Å². The summed E-state index contributed by atoms with van der Waals surface area (Å²) in [7, 11) is 0. The van der Waals surface area contributed by atoms with Crippen LogP contribution in [0.15, 0.2) is 28.2 Å². The molecule has 0 fully saturated rings. The average molecular weight is 293 g/mol. The monoisotopic (exact) mass is 293 g/mol. The van der Waals surface area contributed by atoms with E-state index in [-0.39, 0.29) is 27.7 Å². The lowest BCUT2D eigenvalue weighted by Gasteiger charge is -2.05. The zero-order valence-corrected chi connectivity index (χ0v) is 11.2. The molecule has 1 heterocycles. The van der Waals surface area contributed by atoms with E-state index >= 15 is 0 Å². The normalized spacial score (nSPS) is 10.3. The van der Waals surface area contributed by atoms with Gasteiger partial charge >= 0.3 is 0 Å². The Morgan fingerprint density at radius 3 is 2.60 bits per heavy atom. The van der Waals surface area contributed by atoms with E-state index < -0.39 is 17.2 Å². The first-order valence-corrected chi connectivity index (χ1v) is 6.58. The van der Waals surface area contributed by atoms with Crippen LogP contribution in [0.3, 0.4) is 0 Å². The number of benzene rings is 1. The van der Waals surface area contributed by atoms with E-state index in [1.807, 2.05) is 0 Å². The maximum atomic E-state index is 13.4. The summed E-state index contributed by atoms with van der Waals surface area (Å²) in [6.07, 6.45) is 0. The van der Waals surface area contributed by atoms with Crippen molar-refractivity contribution >= 4 is 11.8 Å². The minimum Gasteiger partial charge on any atom is -0.300 e. The fourth-order valence-corrected chi connectivity index (χ4v) is 2.49. The van der Waals surface area contributed by atoms with E-state index in [4.69, 9.17) is 5.26 Å². The molecule has 0 atom stereocenters. The van der Waals surface area contributed by atoms with Crippen LogP contribution < -0.4 is 5.56 Å². The van der Waals surface area contributed by atoms with Crippen molar-refractivity contribution < 1.29 is 8.78 Å². The van der Waals surface area contributed by atoms with Crippen LogP contribution in [0.1, 0.15) is 16.8 Å². The van der Waals surface area contributed by atoms with Crippen molar-refractivity contribution in [1.82, 2.24) is 9.97 Å². The van der Waals surface area contributed by atoms with E-state index in [0.29, 0.717) is 0 Å². The van der Waals surface area contributed by atoms with Crippen molar-refractivity contribution in [3.8, 4) is 6.07 Å². The number of rotatable bonds is 3. The number of hydrogen-bond donors (Lipinski definition) is 1. The summed E-state index contributed by atoms with van der Waals surface area (Å²) in [4.78, 5) is 18.0. The number of aryl methyl sites for hydroxylation is 1. The SMILES string of the molecule is Cc1nc(SCc2c(F)cccc2F)[nH]c(=O)c1C#N. The lowest BCUT2D eigenvalue weighted by Crippen LogP contribution is -2.14. The Kier molecular flexibility index (Phi) is 4.15. The van der Waals surface area contributed by atoms with E-state index in [2.05, 4.69) is 9.97 Å². The third-order valence-electron chi connectivity index (χ3n) is 2.61. The summed E-state index contributed by atoms with van der Waals surface area (Å²) in [5.74, 6) is -1.30. The van der Waals surface area contributed by atoms with Gasteiger partial charge in [0, 0.05) is 11.3 Å². The second kappa shape index (κ2) is 5.84. The van der Waals surface area contributed by atoms with Crippen molar-refractivity contribution in [2.75, 3.05) is 0 Å². The molecule has 1 N–H and O–H groups in total. The van der Waals surface area contributed by atoms with Gasteiger partial charge in [0.1, 0.15) is 23.3 Å². The molecule has 0 aliphatic rings. The summed E-state index contributed by atoms with van der Waals surface area (Å²) in [6.45, 7) is 1.53. The predicted molar refractivity (Wildman–Crippen MR) is 70.2 cm³/mol. The second-order valence-corrected chi connectivity index (χ2v) is 4.90. The van der Waals surface area contributed by atoms with Crippen LogP contribution in [-0.4, -0.2) is 9.97 Å². The molecular weight excluding hydrogens is 284 g/mol. The summed E-state index contributed by atoms with van der Waals surface area (Å²) < 4.78 is 26.9. The molecule has 0 saturated heterocycles. The van der Waals surface area contributed by atoms with Crippen molar-refractivity contribution in [3.05, 3.63) is 57.0 Å². The van der Waals surface area contributed by atoms with Gasteiger partial charge in [-0.2, -0.15) is 5.26 Å². The van der Waals surface area contributed by atoms with Crippen molar-refractivity contribution in [2.45, 2.75) is 17.8 Å². The van der Waals surface area contributed by atoms with Crippen LogP contribution in [0.25, 0.3) is 0 Å². The molecule has 0 bridgehead atoms. The summed E-state index contributed by atoms with van der Waals surface area (Å²) in [5, 5.41) is 8.97. The molecule has 7 heteroatoms. The van der Waals surface area contributed by atoms with Crippen LogP contribution in [0, 0.1) is 29.9 Å². The molecule has 4 nitrogen and oxygen atoms in total. The van der Waals surface area contributed by atoms with Gasteiger partial charge in [0.05, 0.1) is 5.69 Å². The van der Waals surface area contributed by atoms with Crippen molar-refractivity contribution in [2.24, 2.45) is 0 Å². The summed E-state index contributed by atoms with van der Waals surface area (Å²) in [6, 6.07) is 5.36. The first kappa shape index (κ1) is 14.2. The maximum absolute atomic E-state index is 13.4. The number of nitriles is 1. The highest BCUT2D eigenvalue weighted by atomic mass is 32.2. The van der Waals surface area contributed by atoms with Crippen LogP contribution in [-0.2, 0) is 5.75 Å². The Morgan fingerprint density at radius 1 is 1.40 bits per heavy atom. The molecule has 0 aliphatic carbocycles. The fourth-order valence-electron chi connectivity index (χ4n) is 1.57. The lowest BCUT2D eigenvalue weighted by atomic mass is 10.2. The molecule has 0 unspecified atom stereocenters. The molecule has 0 spiro atoms. The molecule has 1 aromatic carbocycles. The Bertz CT molecular complexity index is 732. The van der Waals surface area contributed by atoms with E-state index in [9.17, 15) is 13.6 Å². The topological polar surface area (TPSA) is 69.5 Å². The number of thioether (sulfide) groups is 1. The highest BCUT2D eigenvalue weighted by Gasteiger charge is 2.11. The fraction of sp³-hybridized carbons (Fsp3) is 0.154. The first-order chi connectivity index (χ1) is 9.52. The standard InChI is InChI=1S/C13H9F2N3OS/c1-7-8(5-16)12(19)18-13(17-7)20-6-9-10(14)3-2-4-11(9)15/h2-4H,6H2,1H3,(H,17,18,19). The van der Waals surface area contributed by atoms with E-state index in [1.165, 1.54) is 25.1 Å². The Morgan fingerprint density at radius 2 is 2.05 bits per heavy atom. The lowest BCUT2D eigenvalue weighted by molar-refractivity contribution is 0.566. The Hall–Kier alpha value is -2.20. The second-order valence-electron chi connectivity index (χ2n) is 3.93. The largest absolute Gasteiger partial charge is 0.300 e. The molecule has 0 radical (unpaired) electrons. The molecule has 0 saturated carbocycles. The van der Waals surface area contributed by atoms with Crippen molar-refractivity contribution in [1.29, 1.82) is 5.26 Å². The minimum absolute atomic E-state index is 0.00716. The van der Waals surface area contributed by atoms with Gasteiger partial charge in [0.15, 0.2) is 5.16 Å². The van der Waals surface area contributed by atoms with Gasteiger partial charge in [0.2, 0.25) is 0 Å². The third kappa shape index (κ3) is 2.86. The quantitative estimate of drug-likeness (QED) is 0.697. The number of H-pyrrole nitrogens is 1. The number of nitrogens with one attached hydrogen (secondary N) is 1. The zero-order valence-electron chi connectivity index (χ0n) is 10.4. The molecule has 20 heavy (non-hydrogen) atoms. The van der Waals surface area contributed by atoms with Gasteiger partial charge < -0.3 is 4.98 Å². The first-order valence-electron chi connectivity index (χ1n) is 5.59. The molecule has 0 amide bonds. The molecule has 0 aliphatic heterocycles. The molecule has 2 aromatic rings. The number of halogens is 2. The number of nitrogens with zero attached hydrogens (tertiary/aromatic N) is 2. The number of aromatic amines is 1. The van der Waals surface area contributed by atoms with Crippen LogP contribution in [0.4, 0.5) is 8.78 Å². The zero-order chi connectivity index (χ0) is 14.7. The predicted octanol–water partition coefficient (Wildman–Crippen LogP) is 2.52. The molecule has 2 rings (SSSR count). The van der Waals surface area contributed by atoms with Crippen LogP contribution >= 0.6 is 11.8 Å². The molecule has 102 valence electrons.